The van der Waals surface area contributed by atoms with Crippen LogP contribution in [0.5, 0.6) is 0 Å². The first-order valence-corrected chi connectivity index (χ1v) is 8.09. The van der Waals surface area contributed by atoms with Gasteiger partial charge in [0, 0.05) is 24.7 Å². The second kappa shape index (κ2) is 6.33. The largest absolute Gasteiger partial charge is 0.395 e. The Labute approximate surface area is 121 Å². The van der Waals surface area contributed by atoms with E-state index in [1.54, 1.807) is 0 Å². The molecule has 0 saturated heterocycles. The second-order valence-corrected chi connectivity index (χ2v) is 6.80. The fourth-order valence-electron chi connectivity index (χ4n) is 2.68. The van der Waals surface area contributed by atoms with Crippen LogP contribution >= 0.6 is 0 Å². The van der Waals surface area contributed by atoms with Gasteiger partial charge in [-0.3, -0.25) is 0 Å². The Hall–Kier alpha value is -1.12. The molecular formula is C13H16F3NO3S. The Bertz CT molecular complexity index is 592. The normalized spacial score (nSPS) is 16.8. The average Bonchev–Trinajstić information content (AvgIpc) is 2.87. The summed E-state index contributed by atoms with van der Waals surface area (Å²) in [5.74, 6) is -4.11. The lowest BCUT2D eigenvalue weighted by Crippen LogP contribution is -2.41. The lowest BCUT2D eigenvalue weighted by atomic mass is 10.2. The van der Waals surface area contributed by atoms with Gasteiger partial charge in [-0.1, -0.05) is 12.8 Å². The highest BCUT2D eigenvalue weighted by molar-refractivity contribution is 7.89. The van der Waals surface area contributed by atoms with Crippen LogP contribution < -0.4 is 0 Å². The van der Waals surface area contributed by atoms with Crippen molar-refractivity contribution in [3.8, 4) is 0 Å². The van der Waals surface area contributed by atoms with E-state index in [-0.39, 0.29) is 6.54 Å². The van der Waals surface area contributed by atoms with Gasteiger partial charge in [-0.15, -0.1) is 0 Å². The standard InChI is InChI=1S/C13H16F3NO3S/c14-9-7-11(15)13(12(16)8-9)21(19,20)17(5-6-18)10-3-1-2-4-10/h7-8,10,18H,1-6H2. The molecule has 0 unspecified atom stereocenters. The quantitative estimate of drug-likeness (QED) is 0.902. The fourth-order valence-corrected chi connectivity index (χ4v) is 4.45. The van der Waals surface area contributed by atoms with Gasteiger partial charge in [0.15, 0.2) is 4.90 Å². The van der Waals surface area contributed by atoms with Crippen molar-refractivity contribution in [2.24, 2.45) is 0 Å². The van der Waals surface area contributed by atoms with Crippen molar-refractivity contribution in [1.29, 1.82) is 0 Å². The Kier molecular flexibility index (Phi) is 4.90. The number of aliphatic hydroxyl groups excluding tert-OH is 1. The van der Waals surface area contributed by atoms with Gasteiger partial charge in [-0.05, 0) is 12.8 Å². The third-order valence-electron chi connectivity index (χ3n) is 3.58. The molecule has 1 N–H and O–H groups in total. The summed E-state index contributed by atoms with van der Waals surface area (Å²) in [6, 6.07) is 0.273. The zero-order valence-corrected chi connectivity index (χ0v) is 12.0. The molecule has 0 aromatic heterocycles. The molecule has 0 bridgehead atoms. The summed E-state index contributed by atoms with van der Waals surface area (Å²) in [5, 5.41) is 9.04. The summed E-state index contributed by atoms with van der Waals surface area (Å²) in [5.41, 5.74) is 0. The van der Waals surface area contributed by atoms with E-state index < -0.39 is 45.0 Å². The predicted octanol–water partition coefficient (Wildman–Crippen LogP) is 2.03. The van der Waals surface area contributed by atoms with E-state index in [4.69, 9.17) is 5.11 Å². The highest BCUT2D eigenvalue weighted by Crippen LogP contribution is 2.30. The van der Waals surface area contributed by atoms with Gasteiger partial charge < -0.3 is 5.11 Å². The number of halogens is 3. The van der Waals surface area contributed by atoms with E-state index in [0.29, 0.717) is 25.0 Å². The molecule has 2 rings (SSSR count). The Morgan fingerprint density at radius 3 is 2.14 bits per heavy atom. The van der Waals surface area contributed by atoms with Gasteiger partial charge in [0.25, 0.3) is 0 Å². The van der Waals surface area contributed by atoms with E-state index in [1.807, 2.05) is 0 Å². The summed E-state index contributed by atoms with van der Waals surface area (Å²) in [4.78, 5) is -1.16. The van der Waals surface area contributed by atoms with Gasteiger partial charge in [0.1, 0.15) is 17.5 Å². The van der Waals surface area contributed by atoms with Crippen LogP contribution in [0.1, 0.15) is 25.7 Å². The van der Waals surface area contributed by atoms with Crippen LogP contribution in [0.15, 0.2) is 17.0 Å². The molecule has 0 atom stereocenters. The number of sulfonamides is 1. The number of benzene rings is 1. The average molecular weight is 323 g/mol. The summed E-state index contributed by atoms with van der Waals surface area (Å²) in [7, 11) is -4.47. The van der Waals surface area contributed by atoms with Gasteiger partial charge in [0.05, 0.1) is 6.61 Å². The summed E-state index contributed by atoms with van der Waals surface area (Å²) >= 11 is 0. The lowest BCUT2D eigenvalue weighted by Gasteiger charge is -2.27. The summed E-state index contributed by atoms with van der Waals surface area (Å²) in [6.07, 6.45) is 2.78. The van der Waals surface area contributed by atoms with Crippen LogP contribution in [0, 0.1) is 17.5 Å². The number of aliphatic hydroxyl groups is 1. The SMILES string of the molecule is O=S(=O)(c1c(F)cc(F)cc1F)N(CCO)C1CCCC1. The molecule has 1 aromatic rings. The Balaban J connectivity index is 2.48. The molecule has 0 aliphatic heterocycles. The molecule has 8 heteroatoms. The molecule has 0 amide bonds. The van der Waals surface area contributed by atoms with Gasteiger partial charge in [0.2, 0.25) is 10.0 Å². The predicted molar refractivity (Wildman–Crippen MR) is 69.5 cm³/mol. The summed E-state index contributed by atoms with van der Waals surface area (Å²) < 4.78 is 66.3. The van der Waals surface area contributed by atoms with Crippen molar-refractivity contribution in [3.05, 3.63) is 29.6 Å². The topological polar surface area (TPSA) is 57.6 Å². The first-order chi connectivity index (χ1) is 9.87. The van der Waals surface area contributed by atoms with E-state index in [1.165, 1.54) is 0 Å². The molecule has 1 aromatic carbocycles. The van der Waals surface area contributed by atoms with Crippen LogP contribution in [-0.4, -0.2) is 37.0 Å². The second-order valence-electron chi connectivity index (χ2n) is 4.98. The molecule has 21 heavy (non-hydrogen) atoms. The number of hydrogen-bond acceptors (Lipinski definition) is 3. The van der Waals surface area contributed by atoms with Gasteiger partial charge >= 0.3 is 0 Å². The molecule has 0 heterocycles. The zero-order chi connectivity index (χ0) is 15.6. The first kappa shape index (κ1) is 16.3. The van der Waals surface area contributed by atoms with Crippen molar-refractivity contribution in [3.63, 3.8) is 0 Å². The number of hydrogen-bond donors (Lipinski definition) is 1. The maximum Gasteiger partial charge on any atom is 0.249 e. The van der Waals surface area contributed by atoms with Gasteiger partial charge in [-0.2, -0.15) is 4.31 Å². The van der Waals surface area contributed by atoms with Crippen LogP contribution in [0.25, 0.3) is 0 Å². The van der Waals surface area contributed by atoms with Crippen LogP contribution in [0.3, 0.4) is 0 Å². The molecule has 1 saturated carbocycles. The molecule has 118 valence electrons. The Morgan fingerprint density at radius 2 is 1.67 bits per heavy atom. The van der Waals surface area contributed by atoms with Crippen molar-refractivity contribution in [2.45, 2.75) is 36.6 Å². The van der Waals surface area contributed by atoms with E-state index in [0.717, 1.165) is 17.1 Å². The molecule has 1 aliphatic carbocycles. The van der Waals surface area contributed by atoms with E-state index in [2.05, 4.69) is 0 Å². The Morgan fingerprint density at radius 1 is 1.14 bits per heavy atom. The first-order valence-electron chi connectivity index (χ1n) is 6.65. The molecule has 1 aliphatic rings. The highest BCUT2D eigenvalue weighted by atomic mass is 32.2. The zero-order valence-electron chi connectivity index (χ0n) is 11.2. The molecule has 4 nitrogen and oxygen atoms in total. The number of nitrogens with zero attached hydrogens (tertiary/aromatic N) is 1. The minimum atomic E-state index is -4.47. The van der Waals surface area contributed by atoms with Crippen LogP contribution in [0.4, 0.5) is 13.2 Å². The molecule has 1 fully saturated rings. The molecule has 0 radical (unpaired) electrons. The lowest BCUT2D eigenvalue weighted by molar-refractivity contribution is 0.225. The third-order valence-corrected chi connectivity index (χ3v) is 5.59. The van der Waals surface area contributed by atoms with Crippen molar-refractivity contribution >= 4 is 10.0 Å². The molecular weight excluding hydrogens is 307 g/mol. The molecule has 0 spiro atoms. The number of rotatable bonds is 5. The maximum atomic E-state index is 13.7. The van der Waals surface area contributed by atoms with Crippen molar-refractivity contribution in [1.82, 2.24) is 4.31 Å². The fraction of sp³-hybridized carbons (Fsp3) is 0.538. The van der Waals surface area contributed by atoms with Crippen LogP contribution in [0.2, 0.25) is 0 Å². The van der Waals surface area contributed by atoms with Crippen LogP contribution in [-0.2, 0) is 10.0 Å². The third kappa shape index (κ3) is 3.22. The van der Waals surface area contributed by atoms with Crippen molar-refractivity contribution < 1.29 is 26.7 Å². The monoisotopic (exact) mass is 323 g/mol. The highest BCUT2D eigenvalue weighted by Gasteiger charge is 2.36. The minimum Gasteiger partial charge on any atom is -0.395 e. The van der Waals surface area contributed by atoms with Gasteiger partial charge in [-0.25, -0.2) is 21.6 Å². The smallest absolute Gasteiger partial charge is 0.249 e. The summed E-state index contributed by atoms with van der Waals surface area (Å²) in [6.45, 7) is -0.705. The van der Waals surface area contributed by atoms with E-state index in [9.17, 15) is 21.6 Å². The minimum absolute atomic E-state index is 0.247. The van der Waals surface area contributed by atoms with Crippen molar-refractivity contribution in [2.75, 3.05) is 13.2 Å². The maximum absolute atomic E-state index is 13.7. The van der Waals surface area contributed by atoms with E-state index >= 15 is 0 Å².